The number of hydrogen-bond acceptors (Lipinski definition) is 3. The number of quaternary nitrogens is 1. The van der Waals surface area contributed by atoms with Crippen molar-refractivity contribution in [3.05, 3.63) is 17.5 Å². The molecule has 0 saturated carbocycles. The zero-order valence-corrected chi connectivity index (χ0v) is 12.9. The highest BCUT2D eigenvalue weighted by atomic mass is 32.2. The van der Waals surface area contributed by atoms with Crippen molar-refractivity contribution in [3.63, 3.8) is 0 Å². The van der Waals surface area contributed by atoms with Crippen LogP contribution in [0.25, 0.3) is 5.32 Å². The molecule has 0 saturated heterocycles. The Morgan fingerprint density at radius 3 is 2.32 bits per heavy atom. The predicted octanol–water partition coefficient (Wildman–Crippen LogP) is 1.55. The number of carbonyl (C=O) groups excluding carboxylic acids is 1. The average Bonchev–Trinajstić information content (AvgIpc) is 2.21. The van der Waals surface area contributed by atoms with Crippen LogP contribution in [0.1, 0.15) is 26.7 Å². The molecule has 0 radical (unpaired) electrons. The van der Waals surface area contributed by atoms with Crippen molar-refractivity contribution in [2.45, 2.75) is 32.1 Å². The molecule has 7 heteroatoms. The van der Waals surface area contributed by atoms with Gasteiger partial charge in [0, 0.05) is 6.42 Å². The van der Waals surface area contributed by atoms with Gasteiger partial charge in [0.15, 0.2) is 0 Å². The van der Waals surface area contributed by atoms with Crippen molar-refractivity contribution >= 4 is 16.0 Å². The molecule has 0 aromatic heterocycles. The van der Waals surface area contributed by atoms with Crippen LogP contribution < -0.4 is 0 Å². The third-order valence-electron chi connectivity index (χ3n) is 2.92. The van der Waals surface area contributed by atoms with Gasteiger partial charge in [0.1, 0.15) is 0 Å². The van der Waals surface area contributed by atoms with Crippen molar-refractivity contribution in [2.24, 2.45) is 0 Å². The van der Waals surface area contributed by atoms with Crippen molar-refractivity contribution in [2.75, 3.05) is 27.2 Å². The van der Waals surface area contributed by atoms with Crippen molar-refractivity contribution in [3.8, 4) is 0 Å². The summed E-state index contributed by atoms with van der Waals surface area (Å²) in [4.78, 5) is 11.3. The Morgan fingerprint density at radius 1 is 1.42 bits per heavy atom. The summed E-state index contributed by atoms with van der Waals surface area (Å²) in [6, 6.07) is 0. The molecule has 1 amide bonds. The van der Waals surface area contributed by atoms with Gasteiger partial charge in [-0.3, -0.25) is 4.55 Å². The molecule has 0 aliphatic heterocycles. The van der Waals surface area contributed by atoms with Crippen molar-refractivity contribution < 1.29 is 22.2 Å². The lowest BCUT2D eigenvalue weighted by Crippen LogP contribution is -2.53. The second-order valence-corrected chi connectivity index (χ2v) is 6.80. The molecule has 0 aromatic rings. The van der Waals surface area contributed by atoms with E-state index in [4.69, 9.17) is 0 Å². The maximum Gasteiger partial charge on any atom is 0.319 e. The topological polar surface area (TPSA) is 85.5 Å². The molecule has 6 nitrogen and oxygen atoms in total. The largest absolute Gasteiger partial charge is 0.649 e. The molecule has 0 fully saturated rings. The lowest BCUT2D eigenvalue weighted by atomic mass is 10.3. The monoisotopic (exact) mass is 292 g/mol. The summed E-state index contributed by atoms with van der Waals surface area (Å²) in [6.07, 6.45) is 0.895. The van der Waals surface area contributed by atoms with Gasteiger partial charge in [0.2, 0.25) is 5.37 Å². The summed E-state index contributed by atoms with van der Waals surface area (Å²) in [5.74, 6) is -0.435. The van der Waals surface area contributed by atoms with Crippen LogP contribution in [0, 0.1) is 0 Å². The molecule has 0 rings (SSSR count). The fourth-order valence-electron chi connectivity index (χ4n) is 1.99. The highest BCUT2D eigenvalue weighted by Gasteiger charge is 2.36. The number of amides is 1. The van der Waals surface area contributed by atoms with Gasteiger partial charge in [0.25, 0.3) is 0 Å². The Balaban J connectivity index is 4.74. The summed E-state index contributed by atoms with van der Waals surface area (Å²) in [7, 11) is -0.707. The second kappa shape index (κ2) is 7.02. The van der Waals surface area contributed by atoms with E-state index in [1.165, 1.54) is 0 Å². The molecule has 112 valence electrons. The number of rotatable bonds is 8. The van der Waals surface area contributed by atoms with Gasteiger partial charge in [-0.25, -0.2) is 0 Å². The van der Waals surface area contributed by atoms with E-state index in [-0.39, 0.29) is 17.4 Å². The van der Waals surface area contributed by atoms with Crippen LogP contribution in [-0.4, -0.2) is 55.9 Å². The molecule has 0 aliphatic carbocycles. The number of carbonyl (C=O) groups is 1. The van der Waals surface area contributed by atoms with E-state index in [1.54, 1.807) is 21.0 Å². The molecule has 1 N–H and O–H groups in total. The van der Waals surface area contributed by atoms with Gasteiger partial charge in [-0.2, -0.15) is 8.42 Å². The second-order valence-electron chi connectivity index (χ2n) is 5.23. The minimum Gasteiger partial charge on any atom is -0.649 e. The van der Waals surface area contributed by atoms with Gasteiger partial charge < -0.3 is 14.6 Å². The van der Waals surface area contributed by atoms with E-state index in [0.717, 1.165) is 6.42 Å². The summed E-state index contributed by atoms with van der Waals surface area (Å²) >= 11 is 0. The summed E-state index contributed by atoms with van der Waals surface area (Å²) in [5.41, 5.74) is 0.311. The normalized spacial score (nSPS) is 13.9. The molecule has 0 aliphatic rings. The van der Waals surface area contributed by atoms with Gasteiger partial charge >= 0.3 is 10.1 Å². The van der Waals surface area contributed by atoms with Crippen LogP contribution in [0.15, 0.2) is 12.2 Å². The Bertz CT molecular complexity index is 429. The first-order chi connectivity index (χ1) is 8.52. The quantitative estimate of drug-likeness (QED) is 0.418. The molecule has 1 atom stereocenters. The summed E-state index contributed by atoms with van der Waals surface area (Å²) in [6.45, 7) is 7.62. The molecule has 0 spiro atoms. The fraction of sp³-hybridized carbons (Fsp3) is 0.750. The lowest BCUT2D eigenvalue weighted by Gasteiger charge is -2.37. The molecule has 19 heavy (non-hydrogen) atoms. The van der Waals surface area contributed by atoms with Crippen LogP contribution in [0.4, 0.5) is 0 Å². The predicted molar refractivity (Wildman–Crippen MR) is 75.3 cm³/mol. The summed E-state index contributed by atoms with van der Waals surface area (Å²) in [5, 5.41) is 2.75. The van der Waals surface area contributed by atoms with Crippen LogP contribution >= 0.6 is 0 Å². The van der Waals surface area contributed by atoms with Gasteiger partial charge in [-0.1, -0.05) is 13.5 Å². The Hall–Kier alpha value is -0.920. The van der Waals surface area contributed by atoms with E-state index in [0.29, 0.717) is 12.1 Å². The Kier molecular flexibility index (Phi) is 6.68. The van der Waals surface area contributed by atoms with Gasteiger partial charge in [-0.15, -0.1) is 6.54 Å². The van der Waals surface area contributed by atoms with Gasteiger partial charge in [-0.05, 0) is 18.9 Å². The first-order valence-corrected chi connectivity index (χ1v) is 7.69. The lowest BCUT2D eigenvalue weighted by molar-refractivity contribution is -0.901. The maximum atomic E-state index is 11.5. The van der Waals surface area contributed by atoms with Crippen molar-refractivity contribution in [1.82, 2.24) is 0 Å². The standard InChI is InChI=1S/C12H24N2O4S/c1-6-9-14(4,5)11(19(16,17)18)7-8-13-12(15)10(2)3/h11H,2,6-9H2,1,3-5H3,(H-,13,15,16,17,18). The van der Waals surface area contributed by atoms with Crippen LogP contribution in [0.3, 0.4) is 0 Å². The van der Waals surface area contributed by atoms with Crippen molar-refractivity contribution in [1.29, 1.82) is 0 Å². The zero-order valence-electron chi connectivity index (χ0n) is 12.1. The van der Waals surface area contributed by atoms with E-state index in [9.17, 15) is 17.8 Å². The highest BCUT2D eigenvalue weighted by Crippen LogP contribution is 2.18. The minimum absolute atomic E-state index is 0.0571. The third kappa shape index (κ3) is 6.17. The average molecular weight is 292 g/mol. The van der Waals surface area contributed by atoms with Crippen LogP contribution in [-0.2, 0) is 14.9 Å². The molecule has 0 heterocycles. The highest BCUT2D eigenvalue weighted by molar-refractivity contribution is 7.86. The van der Waals surface area contributed by atoms with E-state index in [2.05, 4.69) is 11.9 Å². The Morgan fingerprint density at radius 2 is 1.95 bits per heavy atom. The molecule has 0 aromatic carbocycles. The van der Waals surface area contributed by atoms with E-state index in [1.807, 2.05) is 6.92 Å². The first-order valence-electron chi connectivity index (χ1n) is 6.18. The number of hydrogen-bond donors (Lipinski definition) is 1. The maximum absolute atomic E-state index is 11.5. The van der Waals surface area contributed by atoms with E-state index >= 15 is 0 Å². The SMILES string of the molecule is C=C(C)C(=O)[N-]CCC([N+](C)(C)CCC)S(=O)(=O)O. The molecule has 0 bridgehead atoms. The van der Waals surface area contributed by atoms with Crippen LogP contribution in [0.5, 0.6) is 0 Å². The minimum atomic E-state index is -4.18. The zero-order chi connectivity index (χ0) is 15.3. The van der Waals surface area contributed by atoms with E-state index < -0.39 is 21.4 Å². The molecular formula is C12H24N2O4S. The van der Waals surface area contributed by atoms with Gasteiger partial charge in [0.05, 0.1) is 26.5 Å². The molecule has 1 unspecified atom stereocenters. The first kappa shape index (κ1) is 18.1. The fourth-order valence-corrected chi connectivity index (χ4v) is 3.22. The smallest absolute Gasteiger partial charge is 0.319 e. The Labute approximate surface area is 115 Å². The third-order valence-corrected chi connectivity index (χ3v) is 4.41. The summed E-state index contributed by atoms with van der Waals surface area (Å²) < 4.78 is 32.4. The number of nitrogens with zero attached hydrogens (tertiary/aromatic N) is 2. The van der Waals surface area contributed by atoms with Crippen LogP contribution in [0.2, 0.25) is 0 Å². The molecular weight excluding hydrogens is 268 g/mol.